The minimum atomic E-state index is -0.335. The third kappa shape index (κ3) is 3.39. The lowest BCUT2D eigenvalue weighted by molar-refractivity contribution is 0.422. The molecule has 1 aliphatic carbocycles. The highest BCUT2D eigenvalue weighted by Crippen LogP contribution is 2.27. The number of ether oxygens (including phenoxy) is 1. The van der Waals surface area contributed by atoms with Crippen LogP contribution in [0.4, 0.5) is 4.39 Å². The van der Waals surface area contributed by atoms with Crippen molar-refractivity contribution in [2.75, 3.05) is 0 Å². The van der Waals surface area contributed by atoms with E-state index in [4.69, 9.17) is 4.74 Å². The lowest BCUT2D eigenvalue weighted by Crippen LogP contribution is -2.15. The van der Waals surface area contributed by atoms with Gasteiger partial charge in [-0.25, -0.2) is 9.37 Å². The molecule has 4 heteroatoms. The number of rotatable bonds is 5. The van der Waals surface area contributed by atoms with E-state index < -0.39 is 0 Å². The molecule has 1 aromatic heterocycles. The van der Waals surface area contributed by atoms with E-state index in [1.54, 1.807) is 31.3 Å². The molecule has 0 unspecified atom stereocenters. The second kappa shape index (κ2) is 5.82. The Morgan fingerprint density at radius 1 is 1.29 bits per heavy atom. The van der Waals surface area contributed by atoms with Crippen LogP contribution in [0.2, 0.25) is 0 Å². The lowest BCUT2D eigenvalue weighted by atomic mass is 10.2. The molecule has 1 aromatic carbocycles. The van der Waals surface area contributed by atoms with E-state index in [9.17, 15) is 4.39 Å². The van der Waals surface area contributed by atoms with Crippen LogP contribution in [0.25, 0.3) is 0 Å². The second-order valence-corrected chi connectivity index (χ2v) is 5.61. The summed E-state index contributed by atoms with van der Waals surface area (Å²) in [5.74, 6) is 0.335. The minimum absolute atomic E-state index is 0.217. The standard InChI is InChI=1S/C17H19FN2O/c1-11-4-3-5-15(16(11)18)21-17-12(2)8-13(10-20-17)9-19-14-6-7-14/h3-5,8,10,14,19H,6-7,9H2,1-2H3. The van der Waals surface area contributed by atoms with Crippen molar-refractivity contribution in [3.05, 3.63) is 53.0 Å². The fourth-order valence-corrected chi connectivity index (χ4v) is 2.18. The summed E-state index contributed by atoms with van der Waals surface area (Å²) >= 11 is 0. The molecular weight excluding hydrogens is 267 g/mol. The van der Waals surface area contributed by atoms with Crippen molar-refractivity contribution in [2.45, 2.75) is 39.3 Å². The van der Waals surface area contributed by atoms with Crippen LogP contribution in [0.1, 0.15) is 29.5 Å². The first kappa shape index (κ1) is 14.0. The molecule has 1 N–H and O–H groups in total. The van der Waals surface area contributed by atoms with Crippen LogP contribution in [-0.2, 0) is 6.54 Å². The van der Waals surface area contributed by atoms with Crippen LogP contribution in [0, 0.1) is 19.7 Å². The van der Waals surface area contributed by atoms with Gasteiger partial charge in [-0.3, -0.25) is 0 Å². The molecule has 1 aliphatic rings. The van der Waals surface area contributed by atoms with Crippen LogP contribution in [0.15, 0.2) is 30.5 Å². The Bertz CT molecular complexity index is 653. The highest BCUT2D eigenvalue weighted by atomic mass is 19.1. The van der Waals surface area contributed by atoms with Crippen molar-refractivity contribution < 1.29 is 9.13 Å². The first-order valence-corrected chi connectivity index (χ1v) is 7.25. The topological polar surface area (TPSA) is 34.2 Å². The zero-order valence-corrected chi connectivity index (χ0v) is 12.3. The normalized spacial score (nSPS) is 14.2. The summed E-state index contributed by atoms with van der Waals surface area (Å²) in [5.41, 5.74) is 2.60. The van der Waals surface area contributed by atoms with Gasteiger partial charge >= 0.3 is 0 Å². The lowest BCUT2D eigenvalue weighted by Gasteiger charge is -2.11. The number of nitrogens with zero attached hydrogens (tertiary/aromatic N) is 1. The Balaban J connectivity index is 1.74. The molecule has 2 aromatic rings. The van der Waals surface area contributed by atoms with E-state index in [-0.39, 0.29) is 11.6 Å². The molecule has 0 atom stereocenters. The number of aromatic nitrogens is 1. The maximum absolute atomic E-state index is 14.0. The molecule has 0 radical (unpaired) electrons. The molecular formula is C17H19FN2O. The molecule has 1 saturated carbocycles. The van der Waals surface area contributed by atoms with Crippen LogP contribution < -0.4 is 10.1 Å². The van der Waals surface area contributed by atoms with Gasteiger partial charge in [-0.15, -0.1) is 0 Å². The summed E-state index contributed by atoms with van der Waals surface area (Å²) in [6, 6.07) is 7.81. The minimum Gasteiger partial charge on any atom is -0.436 e. The molecule has 110 valence electrons. The number of benzene rings is 1. The van der Waals surface area contributed by atoms with E-state index in [0.29, 0.717) is 17.5 Å². The Morgan fingerprint density at radius 2 is 2.10 bits per heavy atom. The Hall–Kier alpha value is -1.94. The van der Waals surface area contributed by atoms with E-state index in [1.807, 2.05) is 13.0 Å². The van der Waals surface area contributed by atoms with Crippen LogP contribution in [0.3, 0.4) is 0 Å². The zero-order chi connectivity index (χ0) is 14.8. The fourth-order valence-electron chi connectivity index (χ4n) is 2.18. The van der Waals surface area contributed by atoms with Crippen molar-refractivity contribution in [2.24, 2.45) is 0 Å². The second-order valence-electron chi connectivity index (χ2n) is 5.61. The molecule has 1 fully saturated rings. The first-order valence-electron chi connectivity index (χ1n) is 7.25. The van der Waals surface area contributed by atoms with E-state index in [2.05, 4.69) is 10.3 Å². The smallest absolute Gasteiger partial charge is 0.222 e. The number of hydrogen-bond acceptors (Lipinski definition) is 3. The van der Waals surface area contributed by atoms with Gasteiger partial charge in [-0.1, -0.05) is 12.1 Å². The van der Waals surface area contributed by atoms with Gasteiger partial charge in [0.05, 0.1) is 0 Å². The molecule has 21 heavy (non-hydrogen) atoms. The van der Waals surface area contributed by atoms with Gasteiger partial charge in [0.25, 0.3) is 0 Å². The summed E-state index contributed by atoms with van der Waals surface area (Å²) in [6.07, 6.45) is 4.31. The van der Waals surface area contributed by atoms with Gasteiger partial charge in [-0.2, -0.15) is 0 Å². The zero-order valence-electron chi connectivity index (χ0n) is 12.3. The summed E-state index contributed by atoms with van der Waals surface area (Å²) in [6.45, 7) is 4.46. The van der Waals surface area contributed by atoms with Crippen molar-refractivity contribution in [3.63, 3.8) is 0 Å². The SMILES string of the molecule is Cc1cc(CNC2CC2)cnc1Oc1cccc(C)c1F. The third-order valence-electron chi connectivity index (χ3n) is 3.62. The summed E-state index contributed by atoms with van der Waals surface area (Å²) < 4.78 is 19.6. The summed E-state index contributed by atoms with van der Waals surface area (Å²) in [5, 5.41) is 3.45. The maximum Gasteiger partial charge on any atom is 0.222 e. The van der Waals surface area contributed by atoms with Gasteiger partial charge in [0.2, 0.25) is 5.88 Å². The van der Waals surface area contributed by atoms with Crippen LogP contribution >= 0.6 is 0 Å². The van der Waals surface area contributed by atoms with Gasteiger partial charge < -0.3 is 10.1 Å². The molecule has 1 heterocycles. The molecule has 0 spiro atoms. The predicted octanol–water partition coefficient (Wildman–Crippen LogP) is 3.88. The number of nitrogens with one attached hydrogen (secondary N) is 1. The highest BCUT2D eigenvalue weighted by molar-refractivity contribution is 5.36. The average Bonchev–Trinajstić information content (AvgIpc) is 3.28. The number of aryl methyl sites for hydroxylation is 2. The fraction of sp³-hybridized carbons (Fsp3) is 0.353. The molecule has 0 amide bonds. The van der Waals surface area contributed by atoms with Gasteiger partial charge in [0, 0.05) is 24.3 Å². The average molecular weight is 286 g/mol. The third-order valence-corrected chi connectivity index (χ3v) is 3.62. The number of hydrogen-bond donors (Lipinski definition) is 1. The van der Waals surface area contributed by atoms with Gasteiger partial charge in [-0.05, 0) is 49.9 Å². The Labute approximate surface area is 124 Å². The van der Waals surface area contributed by atoms with E-state index >= 15 is 0 Å². The van der Waals surface area contributed by atoms with Gasteiger partial charge in [0.15, 0.2) is 11.6 Å². The van der Waals surface area contributed by atoms with Crippen molar-refractivity contribution in [1.29, 1.82) is 0 Å². The summed E-state index contributed by atoms with van der Waals surface area (Å²) in [4.78, 5) is 4.31. The first-order chi connectivity index (χ1) is 10.1. The van der Waals surface area contributed by atoms with Gasteiger partial charge in [0.1, 0.15) is 0 Å². The molecule has 3 nitrogen and oxygen atoms in total. The van der Waals surface area contributed by atoms with Crippen molar-refractivity contribution in [3.8, 4) is 11.6 Å². The van der Waals surface area contributed by atoms with E-state index in [0.717, 1.165) is 17.7 Å². The summed E-state index contributed by atoms with van der Waals surface area (Å²) in [7, 11) is 0. The quantitative estimate of drug-likeness (QED) is 0.905. The molecule has 0 saturated heterocycles. The highest BCUT2D eigenvalue weighted by Gasteiger charge is 2.20. The van der Waals surface area contributed by atoms with E-state index in [1.165, 1.54) is 12.8 Å². The monoisotopic (exact) mass is 286 g/mol. The molecule has 0 aliphatic heterocycles. The van der Waals surface area contributed by atoms with Crippen molar-refractivity contribution in [1.82, 2.24) is 10.3 Å². The Morgan fingerprint density at radius 3 is 2.81 bits per heavy atom. The van der Waals surface area contributed by atoms with Crippen LogP contribution in [-0.4, -0.2) is 11.0 Å². The number of pyridine rings is 1. The van der Waals surface area contributed by atoms with Crippen molar-refractivity contribution >= 4 is 0 Å². The predicted molar refractivity (Wildman–Crippen MR) is 80.0 cm³/mol. The molecule has 0 bridgehead atoms. The van der Waals surface area contributed by atoms with Crippen LogP contribution in [0.5, 0.6) is 11.6 Å². The Kier molecular flexibility index (Phi) is 3.88. The molecule has 3 rings (SSSR count). The maximum atomic E-state index is 14.0. The largest absolute Gasteiger partial charge is 0.436 e. The number of halogens is 1.